The molecular weight excluding hydrogens is 265 g/mol. The van der Waals surface area contributed by atoms with Gasteiger partial charge in [0.25, 0.3) is 5.69 Å². The summed E-state index contributed by atoms with van der Waals surface area (Å²) in [7, 11) is -1.44. The average Bonchev–Trinajstić information content (AvgIpc) is 2.38. The van der Waals surface area contributed by atoms with Crippen molar-refractivity contribution in [3.63, 3.8) is 0 Å². The van der Waals surface area contributed by atoms with Crippen molar-refractivity contribution in [3.05, 3.63) is 33.9 Å². The first kappa shape index (κ1) is 14.6. The average molecular weight is 277 g/mol. The van der Waals surface area contributed by atoms with Crippen LogP contribution in [0, 0.1) is 10.1 Å². The minimum atomic E-state index is -3.72. The van der Waals surface area contributed by atoms with Gasteiger partial charge >= 0.3 is 7.82 Å². The normalized spacial score (nSPS) is 11.3. The van der Waals surface area contributed by atoms with Crippen molar-refractivity contribution >= 4 is 13.5 Å². The van der Waals surface area contributed by atoms with Gasteiger partial charge in [-0.05, 0) is 12.1 Å². The van der Waals surface area contributed by atoms with Gasteiger partial charge in [-0.25, -0.2) is 4.57 Å². The van der Waals surface area contributed by atoms with Crippen molar-refractivity contribution in [2.45, 2.75) is 6.61 Å². The molecule has 0 heterocycles. The molecule has 0 amide bonds. The first-order valence-electron chi connectivity index (χ1n) is 4.75. The summed E-state index contributed by atoms with van der Waals surface area (Å²) in [4.78, 5) is 10.0. The highest BCUT2D eigenvalue weighted by atomic mass is 31.2. The highest BCUT2D eigenvalue weighted by Gasteiger charge is 2.25. The number of hydrogen-bond acceptors (Lipinski definition) is 7. The second kappa shape index (κ2) is 5.92. The van der Waals surface area contributed by atoms with Crippen LogP contribution < -0.4 is 4.52 Å². The van der Waals surface area contributed by atoms with Crippen LogP contribution in [0.1, 0.15) is 5.56 Å². The molecule has 8 nitrogen and oxygen atoms in total. The maximum Gasteiger partial charge on any atom is 0.529 e. The van der Waals surface area contributed by atoms with Crippen molar-refractivity contribution < 1.29 is 28.2 Å². The van der Waals surface area contributed by atoms with Gasteiger partial charge in [0, 0.05) is 20.3 Å². The second-order valence-electron chi connectivity index (χ2n) is 3.11. The topological polar surface area (TPSA) is 108 Å². The molecule has 0 aromatic heterocycles. The molecule has 0 aliphatic carbocycles. The summed E-state index contributed by atoms with van der Waals surface area (Å²) < 4.78 is 25.7. The molecule has 1 N–H and O–H groups in total. The van der Waals surface area contributed by atoms with E-state index in [0.717, 1.165) is 20.3 Å². The third-order valence-corrected chi connectivity index (χ3v) is 3.41. The van der Waals surface area contributed by atoms with E-state index in [2.05, 4.69) is 9.05 Å². The Balaban J connectivity index is 3.06. The van der Waals surface area contributed by atoms with Gasteiger partial charge in [0.1, 0.15) is 5.75 Å². The molecule has 0 unspecified atom stereocenters. The van der Waals surface area contributed by atoms with E-state index in [0.29, 0.717) is 0 Å². The van der Waals surface area contributed by atoms with Gasteiger partial charge in [0.2, 0.25) is 0 Å². The SMILES string of the molecule is COP(=O)(OC)Oc1ccc([N+](=O)[O-])c(CO)c1. The molecular formula is C9H12NO7P. The summed E-state index contributed by atoms with van der Waals surface area (Å²) in [6, 6.07) is 3.57. The van der Waals surface area contributed by atoms with E-state index in [1.807, 2.05) is 0 Å². The van der Waals surface area contributed by atoms with E-state index in [-0.39, 0.29) is 17.0 Å². The minimum Gasteiger partial charge on any atom is -0.404 e. The number of hydrogen-bond donors (Lipinski definition) is 1. The fourth-order valence-corrected chi connectivity index (χ4v) is 1.87. The van der Waals surface area contributed by atoms with Gasteiger partial charge in [-0.15, -0.1) is 0 Å². The van der Waals surface area contributed by atoms with Crippen LogP contribution in [0.4, 0.5) is 5.69 Å². The molecule has 0 aliphatic rings. The summed E-state index contributed by atoms with van der Waals surface area (Å²) in [5, 5.41) is 19.7. The first-order valence-corrected chi connectivity index (χ1v) is 6.21. The number of nitro groups is 1. The van der Waals surface area contributed by atoms with Crippen LogP contribution in [0.25, 0.3) is 0 Å². The first-order chi connectivity index (χ1) is 8.45. The molecule has 18 heavy (non-hydrogen) atoms. The Hall–Kier alpha value is -1.47. The third-order valence-electron chi connectivity index (χ3n) is 2.08. The van der Waals surface area contributed by atoms with E-state index >= 15 is 0 Å². The number of phosphoric ester groups is 1. The molecule has 9 heteroatoms. The van der Waals surface area contributed by atoms with E-state index < -0.39 is 19.4 Å². The lowest BCUT2D eigenvalue weighted by atomic mass is 10.2. The zero-order valence-electron chi connectivity index (χ0n) is 9.73. The fourth-order valence-electron chi connectivity index (χ4n) is 1.20. The Morgan fingerprint density at radius 2 is 2.00 bits per heavy atom. The summed E-state index contributed by atoms with van der Waals surface area (Å²) in [5.74, 6) is 0.0386. The standard InChI is InChI=1S/C9H12NO7P/c1-15-18(14,16-2)17-8-3-4-9(10(12)13)7(5-8)6-11/h3-5,11H,6H2,1-2H3. The van der Waals surface area contributed by atoms with Gasteiger partial charge in [0.05, 0.1) is 17.1 Å². The highest BCUT2D eigenvalue weighted by Crippen LogP contribution is 2.48. The lowest BCUT2D eigenvalue weighted by Crippen LogP contribution is -2.00. The molecule has 0 saturated heterocycles. The fraction of sp³-hybridized carbons (Fsp3) is 0.333. The number of aliphatic hydroxyl groups is 1. The van der Waals surface area contributed by atoms with Gasteiger partial charge in [-0.1, -0.05) is 0 Å². The predicted molar refractivity (Wildman–Crippen MR) is 61.3 cm³/mol. The lowest BCUT2D eigenvalue weighted by molar-refractivity contribution is -0.385. The van der Waals surface area contributed by atoms with Crippen molar-refractivity contribution in [1.29, 1.82) is 0 Å². The second-order valence-corrected chi connectivity index (χ2v) is 4.92. The van der Waals surface area contributed by atoms with Crippen LogP contribution in [-0.2, 0) is 20.2 Å². The molecule has 0 saturated carbocycles. The molecule has 0 spiro atoms. The Bertz CT molecular complexity index is 482. The predicted octanol–water partition coefficient (Wildman–Crippen LogP) is 1.87. The minimum absolute atomic E-state index is 0.0382. The van der Waals surface area contributed by atoms with Gasteiger partial charge < -0.3 is 9.63 Å². The van der Waals surface area contributed by atoms with Gasteiger partial charge in [-0.2, -0.15) is 0 Å². The molecule has 0 fully saturated rings. The quantitative estimate of drug-likeness (QED) is 0.480. The zero-order chi connectivity index (χ0) is 13.8. The van der Waals surface area contributed by atoms with Gasteiger partial charge in [0.15, 0.2) is 0 Å². The number of nitrogens with zero attached hydrogens (tertiary/aromatic N) is 1. The Morgan fingerprint density at radius 1 is 1.39 bits per heavy atom. The summed E-state index contributed by atoms with van der Waals surface area (Å²) >= 11 is 0. The monoisotopic (exact) mass is 277 g/mol. The van der Waals surface area contributed by atoms with E-state index in [9.17, 15) is 14.7 Å². The largest absolute Gasteiger partial charge is 0.529 e. The van der Waals surface area contributed by atoms with Crippen LogP contribution in [0.2, 0.25) is 0 Å². The number of aliphatic hydroxyl groups excluding tert-OH is 1. The maximum atomic E-state index is 11.7. The van der Waals surface area contributed by atoms with Crippen LogP contribution >= 0.6 is 7.82 Å². The van der Waals surface area contributed by atoms with Gasteiger partial charge in [-0.3, -0.25) is 19.2 Å². The van der Waals surface area contributed by atoms with E-state index in [1.165, 1.54) is 12.1 Å². The van der Waals surface area contributed by atoms with Crippen LogP contribution in [0.3, 0.4) is 0 Å². The number of benzene rings is 1. The van der Waals surface area contributed by atoms with Crippen molar-refractivity contribution in [2.24, 2.45) is 0 Å². The molecule has 0 aliphatic heterocycles. The number of rotatable bonds is 6. The summed E-state index contributed by atoms with van der Waals surface area (Å²) in [6.45, 7) is -0.544. The Kier molecular flexibility index (Phi) is 4.80. The highest BCUT2D eigenvalue weighted by molar-refractivity contribution is 7.48. The number of phosphoric acid groups is 1. The molecule has 0 bridgehead atoms. The Labute approximate surface area is 103 Å². The van der Waals surface area contributed by atoms with Crippen molar-refractivity contribution in [3.8, 4) is 5.75 Å². The molecule has 1 aromatic rings. The smallest absolute Gasteiger partial charge is 0.404 e. The summed E-state index contributed by atoms with van der Waals surface area (Å²) in [5.41, 5.74) is -0.217. The maximum absolute atomic E-state index is 11.7. The van der Waals surface area contributed by atoms with Crippen molar-refractivity contribution in [2.75, 3.05) is 14.2 Å². The van der Waals surface area contributed by atoms with Crippen LogP contribution in [-0.4, -0.2) is 24.2 Å². The summed E-state index contributed by atoms with van der Waals surface area (Å²) in [6.07, 6.45) is 0. The van der Waals surface area contributed by atoms with Crippen LogP contribution in [0.5, 0.6) is 5.75 Å². The molecule has 0 atom stereocenters. The zero-order valence-corrected chi connectivity index (χ0v) is 10.6. The molecule has 0 radical (unpaired) electrons. The van der Waals surface area contributed by atoms with Crippen LogP contribution in [0.15, 0.2) is 18.2 Å². The van der Waals surface area contributed by atoms with Crippen molar-refractivity contribution in [1.82, 2.24) is 0 Å². The van der Waals surface area contributed by atoms with E-state index in [4.69, 9.17) is 9.63 Å². The Morgan fingerprint density at radius 3 is 2.44 bits per heavy atom. The molecule has 100 valence electrons. The molecule has 1 aromatic carbocycles. The third kappa shape index (κ3) is 3.27. The lowest BCUT2D eigenvalue weighted by Gasteiger charge is -2.14. The number of nitro benzene ring substituents is 1. The molecule has 1 rings (SSSR count). The van der Waals surface area contributed by atoms with E-state index in [1.54, 1.807) is 0 Å².